The van der Waals surface area contributed by atoms with Gasteiger partial charge in [0.05, 0.1) is 12.2 Å². The van der Waals surface area contributed by atoms with Crippen LogP contribution in [0.1, 0.15) is 44.5 Å². The van der Waals surface area contributed by atoms with Crippen LogP contribution >= 0.6 is 0 Å². The van der Waals surface area contributed by atoms with Crippen LogP contribution < -0.4 is 14.5 Å². The molecular weight excluding hydrogens is 406 g/mol. The van der Waals surface area contributed by atoms with Crippen molar-refractivity contribution in [1.82, 2.24) is 0 Å². The molecule has 1 atom stereocenters. The molecule has 172 valence electrons. The second kappa shape index (κ2) is 8.58. The summed E-state index contributed by atoms with van der Waals surface area (Å²) < 4.78 is 6.83. The predicted molar refractivity (Wildman–Crippen MR) is 139 cm³/mol. The van der Waals surface area contributed by atoms with Gasteiger partial charge in [-0.1, -0.05) is 53.6 Å². The smallest absolute Gasteiger partial charge is 0.259 e. The number of amidine groups is 1. The van der Waals surface area contributed by atoms with E-state index in [1.54, 1.807) is 0 Å². The number of hydrogen-bond donors (Lipinski definition) is 1. The third-order valence-corrected chi connectivity index (χ3v) is 6.53. The lowest BCUT2D eigenvalue weighted by Crippen LogP contribution is -2.45. The Hall–Kier alpha value is -3.27. The second-order valence-corrected chi connectivity index (χ2v) is 9.60. The minimum atomic E-state index is -0.447. The van der Waals surface area contributed by atoms with Gasteiger partial charge in [-0.25, -0.2) is 0 Å². The molecule has 0 spiro atoms. The molecule has 0 saturated carbocycles. The van der Waals surface area contributed by atoms with Crippen LogP contribution in [0.3, 0.4) is 0 Å². The summed E-state index contributed by atoms with van der Waals surface area (Å²) in [5.74, 6) is 1.43. The molecule has 1 heterocycles. The Bertz CT molecular complexity index is 1180. The first-order valence-electron chi connectivity index (χ1n) is 11.6. The van der Waals surface area contributed by atoms with Gasteiger partial charge < -0.3 is 9.64 Å². The molecular formula is C29H35N3O. The molecule has 3 aromatic rings. The SMILES string of the molecule is Cc1cc(C)c(N2CC(=N)N(c3c(C)cc(C)cc3C)C2Oc2c(C)cccc2C)c(C)c1. The number of nitrogens with one attached hydrogen (secondary N) is 1. The van der Waals surface area contributed by atoms with Gasteiger partial charge in [-0.05, 0) is 88.8 Å². The number of benzene rings is 3. The van der Waals surface area contributed by atoms with E-state index < -0.39 is 6.35 Å². The van der Waals surface area contributed by atoms with Crippen LogP contribution in [0, 0.1) is 60.8 Å². The molecule has 1 N–H and O–H groups in total. The van der Waals surface area contributed by atoms with Gasteiger partial charge in [0.25, 0.3) is 6.35 Å². The molecule has 0 radical (unpaired) electrons. The Morgan fingerprint density at radius 1 is 0.697 bits per heavy atom. The van der Waals surface area contributed by atoms with Crippen LogP contribution in [0.2, 0.25) is 0 Å². The first-order chi connectivity index (χ1) is 15.6. The lowest BCUT2D eigenvalue weighted by atomic mass is 10.0. The van der Waals surface area contributed by atoms with Crippen molar-refractivity contribution in [2.24, 2.45) is 0 Å². The van der Waals surface area contributed by atoms with E-state index in [1.165, 1.54) is 22.3 Å². The lowest BCUT2D eigenvalue weighted by Gasteiger charge is -2.35. The zero-order valence-electron chi connectivity index (χ0n) is 21.1. The van der Waals surface area contributed by atoms with Crippen molar-refractivity contribution in [3.63, 3.8) is 0 Å². The summed E-state index contributed by atoms with van der Waals surface area (Å²) in [5, 5.41) is 9.06. The van der Waals surface area contributed by atoms with Gasteiger partial charge in [-0.15, -0.1) is 0 Å². The summed E-state index contributed by atoms with van der Waals surface area (Å²) in [4.78, 5) is 4.33. The number of ether oxygens (including phenoxy) is 1. The molecule has 1 unspecified atom stereocenters. The summed E-state index contributed by atoms with van der Waals surface area (Å²) in [5.41, 5.74) is 11.6. The molecule has 1 aliphatic rings. The molecule has 0 bridgehead atoms. The zero-order valence-corrected chi connectivity index (χ0v) is 21.1. The number of para-hydroxylation sites is 1. The molecule has 4 rings (SSSR count). The van der Waals surface area contributed by atoms with Crippen molar-refractivity contribution in [3.05, 3.63) is 87.0 Å². The van der Waals surface area contributed by atoms with Gasteiger partial charge >= 0.3 is 0 Å². The van der Waals surface area contributed by atoms with Crippen molar-refractivity contribution < 1.29 is 4.74 Å². The summed E-state index contributed by atoms with van der Waals surface area (Å²) in [6.45, 7) is 17.5. The quantitative estimate of drug-likeness (QED) is 0.483. The zero-order chi connectivity index (χ0) is 24.0. The first kappa shape index (κ1) is 22.9. The average Bonchev–Trinajstić information content (AvgIpc) is 2.99. The van der Waals surface area contributed by atoms with E-state index in [1.807, 2.05) is 0 Å². The van der Waals surface area contributed by atoms with E-state index in [4.69, 9.17) is 10.1 Å². The lowest BCUT2D eigenvalue weighted by molar-refractivity contribution is 0.216. The third-order valence-electron chi connectivity index (χ3n) is 6.53. The molecule has 4 nitrogen and oxygen atoms in total. The Morgan fingerprint density at radius 3 is 1.64 bits per heavy atom. The maximum Gasteiger partial charge on any atom is 0.259 e. The Balaban J connectivity index is 1.91. The van der Waals surface area contributed by atoms with Gasteiger partial charge in [0.2, 0.25) is 0 Å². The first-order valence-corrected chi connectivity index (χ1v) is 11.6. The number of rotatable bonds is 4. The predicted octanol–water partition coefficient (Wildman–Crippen LogP) is 6.82. The highest BCUT2D eigenvalue weighted by atomic mass is 16.5. The van der Waals surface area contributed by atoms with Crippen LogP contribution in [-0.2, 0) is 0 Å². The van der Waals surface area contributed by atoms with Gasteiger partial charge in [0.15, 0.2) is 0 Å². The summed E-state index contributed by atoms with van der Waals surface area (Å²) >= 11 is 0. The molecule has 4 heteroatoms. The van der Waals surface area contributed by atoms with Gasteiger partial charge in [0, 0.05) is 5.69 Å². The minimum absolute atomic E-state index is 0.447. The topological polar surface area (TPSA) is 39.6 Å². The van der Waals surface area contributed by atoms with E-state index in [9.17, 15) is 0 Å². The van der Waals surface area contributed by atoms with Crippen molar-refractivity contribution in [3.8, 4) is 5.75 Å². The average molecular weight is 442 g/mol. The van der Waals surface area contributed by atoms with Crippen LogP contribution in [0.5, 0.6) is 5.75 Å². The molecule has 0 amide bonds. The molecule has 1 aliphatic heterocycles. The fraction of sp³-hybridized carbons (Fsp3) is 0.345. The molecule has 1 fully saturated rings. The van der Waals surface area contributed by atoms with Crippen molar-refractivity contribution in [1.29, 1.82) is 5.41 Å². The van der Waals surface area contributed by atoms with Crippen LogP contribution in [0.4, 0.5) is 11.4 Å². The third kappa shape index (κ3) is 4.10. The molecule has 1 saturated heterocycles. The second-order valence-electron chi connectivity index (χ2n) is 9.60. The highest BCUT2D eigenvalue weighted by Gasteiger charge is 2.41. The normalized spacial score (nSPS) is 16.0. The van der Waals surface area contributed by atoms with E-state index >= 15 is 0 Å². The Labute approximate surface area is 198 Å². The number of aryl methyl sites for hydroxylation is 8. The van der Waals surface area contributed by atoms with Crippen LogP contribution in [-0.4, -0.2) is 18.7 Å². The Kier molecular flexibility index (Phi) is 5.96. The molecule has 0 aromatic heterocycles. The summed E-state index contributed by atoms with van der Waals surface area (Å²) in [6.07, 6.45) is -0.447. The van der Waals surface area contributed by atoms with Gasteiger partial charge in [-0.2, -0.15) is 0 Å². The molecule has 33 heavy (non-hydrogen) atoms. The maximum absolute atomic E-state index is 9.06. The number of anilines is 2. The van der Waals surface area contributed by atoms with E-state index in [0.717, 1.165) is 39.4 Å². The monoisotopic (exact) mass is 441 g/mol. The fourth-order valence-corrected chi connectivity index (χ4v) is 5.41. The Morgan fingerprint density at radius 2 is 1.15 bits per heavy atom. The van der Waals surface area contributed by atoms with Gasteiger partial charge in [0.1, 0.15) is 11.6 Å². The number of nitrogens with zero attached hydrogens (tertiary/aromatic N) is 2. The summed E-state index contributed by atoms with van der Waals surface area (Å²) in [7, 11) is 0. The van der Waals surface area contributed by atoms with Crippen molar-refractivity contribution >= 4 is 17.2 Å². The van der Waals surface area contributed by atoms with Crippen molar-refractivity contribution in [2.75, 3.05) is 16.3 Å². The van der Waals surface area contributed by atoms with Crippen LogP contribution in [0.15, 0.2) is 42.5 Å². The van der Waals surface area contributed by atoms with Gasteiger partial charge in [-0.3, -0.25) is 10.3 Å². The van der Waals surface area contributed by atoms with Crippen molar-refractivity contribution in [2.45, 2.75) is 61.7 Å². The largest absolute Gasteiger partial charge is 0.451 e. The highest BCUT2D eigenvalue weighted by Crippen LogP contribution is 2.38. The van der Waals surface area contributed by atoms with E-state index in [2.05, 4.69) is 108 Å². The van der Waals surface area contributed by atoms with Crippen LogP contribution in [0.25, 0.3) is 0 Å². The molecule has 3 aromatic carbocycles. The van der Waals surface area contributed by atoms with E-state index in [0.29, 0.717) is 12.4 Å². The maximum atomic E-state index is 9.06. The molecule has 0 aliphatic carbocycles. The summed E-state index contributed by atoms with van der Waals surface area (Å²) in [6, 6.07) is 15.0. The highest BCUT2D eigenvalue weighted by molar-refractivity contribution is 6.04. The minimum Gasteiger partial charge on any atom is -0.451 e. The van der Waals surface area contributed by atoms with E-state index in [-0.39, 0.29) is 0 Å². The standard InChI is InChI=1S/C29H35N3O/c1-17-12-21(5)26(22(6)13-17)31-16-25(30)32(27-23(7)14-18(2)15-24(27)8)29(31)33-28-19(3)10-9-11-20(28)4/h9-15,29-30H,16H2,1-8H3. The number of hydrogen-bond acceptors (Lipinski definition) is 3. The fourth-order valence-electron chi connectivity index (χ4n) is 5.41.